The number of hydrogen-bond donors (Lipinski definition) is 2. The SMILES string of the molecule is Cc1ccc(C(=N)N)c(N2CCCC2C(C)C)c1. The number of aryl methyl sites for hydroxylation is 1. The van der Waals surface area contributed by atoms with Crippen molar-refractivity contribution in [3.8, 4) is 0 Å². The van der Waals surface area contributed by atoms with E-state index in [4.69, 9.17) is 11.1 Å². The van der Waals surface area contributed by atoms with Crippen LogP contribution >= 0.6 is 0 Å². The van der Waals surface area contributed by atoms with Crippen LogP contribution in [0.2, 0.25) is 0 Å². The summed E-state index contributed by atoms with van der Waals surface area (Å²) in [6, 6.07) is 6.74. The van der Waals surface area contributed by atoms with Crippen LogP contribution in [0.3, 0.4) is 0 Å². The highest BCUT2D eigenvalue weighted by Gasteiger charge is 2.28. The lowest BCUT2D eigenvalue weighted by Crippen LogP contribution is -2.35. The van der Waals surface area contributed by atoms with Gasteiger partial charge in [-0.3, -0.25) is 5.41 Å². The monoisotopic (exact) mass is 245 g/mol. The molecule has 1 aliphatic heterocycles. The van der Waals surface area contributed by atoms with Gasteiger partial charge in [0.1, 0.15) is 5.84 Å². The van der Waals surface area contributed by atoms with Crippen molar-refractivity contribution in [2.75, 3.05) is 11.4 Å². The van der Waals surface area contributed by atoms with Crippen molar-refractivity contribution in [1.82, 2.24) is 0 Å². The molecule has 1 heterocycles. The quantitative estimate of drug-likeness (QED) is 0.635. The first kappa shape index (κ1) is 12.9. The molecular formula is C15H23N3. The summed E-state index contributed by atoms with van der Waals surface area (Å²) in [5, 5.41) is 7.73. The van der Waals surface area contributed by atoms with Gasteiger partial charge in [0.05, 0.1) is 0 Å². The van der Waals surface area contributed by atoms with E-state index in [2.05, 4.69) is 31.7 Å². The van der Waals surface area contributed by atoms with E-state index in [1.165, 1.54) is 18.4 Å². The topological polar surface area (TPSA) is 53.1 Å². The van der Waals surface area contributed by atoms with E-state index in [-0.39, 0.29) is 5.84 Å². The Balaban J connectivity index is 2.42. The molecule has 3 heteroatoms. The van der Waals surface area contributed by atoms with Crippen LogP contribution in [-0.4, -0.2) is 18.4 Å². The lowest BCUT2D eigenvalue weighted by atomic mass is 10.00. The molecule has 1 aromatic carbocycles. The number of rotatable bonds is 3. The summed E-state index contributed by atoms with van der Waals surface area (Å²) in [6.45, 7) is 7.71. The van der Waals surface area contributed by atoms with Gasteiger partial charge in [-0.05, 0) is 43.4 Å². The van der Waals surface area contributed by atoms with Crippen molar-refractivity contribution in [2.24, 2.45) is 11.7 Å². The zero-order chi connectivity index (χ0) is 13.3. The number of hydrogen-bond acceptors (Lipinski definition) is 2. The lowest BCUT2D eigenvalue weighted by Gasteiger charge is -2.31. The molecule has 1 saturated heterocycles. The van der Waals surface area contributed by atoms with E-state index < -0.39 is 0 Å². The average molecular weight is 245 g/mol. The summed E-state index contributed by atoms with van der Waals surface area (Å²) in [5.41, 5.74) is 8.94. The van der Waals surface area contributed by atoms with Crippen LogP contribution in [0.25, 0.3) is 0 Å². The highest BCUT2D eigenvalue weighted by Crippen LogP contribution is 2.32. The molecule has 0 spiro atoms. The summed E-state index contributed by atoms with van der Waals surface area (Å²) in [4.78, 5) is 2.44. The van der Waals surface area contributed by atoms with Crippen LogP contribution in [0.1, 0.15) is 37.8 Å². The zero-order valence-corrected chi connectivity index (χ0v) is 11.5. The molecule has 3 N–H and O–H groups in total. The van der Waals surface area contributed by atoms with Gasteiger partial charge in [0, 0.05) is 23.8 Å². The van der Waals surface area contributed by atoms with Gasteiger partial charge in [0.25, 0.3) is 0 Å². The van der Waals surface area contributed by atoms with Crippen molar-refractivity contribution in [3.05, 3.63) is 29.3 Å². The Labute approximate surface area is 109 Å². The van der Waals surface area contributed by atoms with Crippen LogP contribution in [0.5, 0.6) is 0 Å². The maximum atomic E-state index is 7.73. The molecule has 2 rings (SSSR count). The van der Waals surface area contributed by atoms with E-state index in [0.717, 1.165) is 17.8 Å². The highest BCUT2D eigenvalue weighted by molar-refractivity contribution is 6.00. The van der Waals surface area contributed by atoms with Crippen molar-refractivity contribution in [1.29, 1.82) is 5.41 Å². The molecule has 1 unspecified atom stereocenters. The molecule has 1 aliphatic rings. The van der Waals surface area contributed by atoms with Gasteiger partial charge in [0.2, 0.25) is 0 Å². The first-order valence-corrected chi connectivity index (χ1v) is 6.72. The minimum Gasteiger partial charge on any atom is -0.384 e. The minimum atomic E-state index is 0.166. The summed E-state index contributed by atoms with van der Waals surface area (Å²) < 4.78 is 0. The molecule has 3 nitrogen and oxygen atoms in total. The smallest absolute Gasteiger partial charge is 0.124 e. The Kier molecular flexibility index (Phi) is 3.60. The number of anilines is 1. The van der Waals surface area contributed by atoms with E-state index in [1.54, 1.807) is 0 Å². The minimum absolute atomic E-state index is 0.166. The van der Waals surface area contributed by atoms with Crippen molar-refractivity contribution >= 4 is 11.5 Å². The van der Waals surface area contributed by atoms with E-state index in [1.807, 2.05) is 12.1 Å². The Bertz CT molecular complexity index is 451. The summed E-state index contributed by atoms with van der Waals surface area (Å²) in [7, 11) is 0. The summed E-state index contributed by atoms with van der Waals surface area (Å²) in [5.74, 6) is 0.798. The Morgan fingerprint density at radius 2 is 2.17 bits per heavy atom. The highest BCUT2D eigenvalue weighted by atomic mass is 15.2. The predicted molar refractivity (Wildman–Crippen MR) is 77.4 cm³/mol. The predicted octanol–water partition coefficient (Wildman–Crippen LogP) is 2.90. The van der Waals surface area contributed by atoms with Crippen molar-refractivity contribution < 1.29 is 0 Å². The molecule has 18 heavy (non-hydrogen) atoms. The van der Waals surface area contributed by atoms with Crippen LogP contribution in [0, 0.1) is 18.3 Å². The van der Waals surface area contributed by atoms with Gasteiger partial charge in [-0.1, -0.05) is 19.9 Å². The molecule has 1 aromatic rings. The van der Waals surface area contributed by atoms with Crippen LogP contribution in [-0.2, 0) is 0 Å². The molecule has 0 aliphatic carbocycles. The Morgan fingerprint density at radius 1 is 1.44 bits per heavy atom. The van der Waals surface area contributed by atoms with Gasteiger partial charge >= 0.3 is 0 Å². The average Bonchev–Trinajstić information content (AvgIpc) is 2.77. The third-order valence-corrected chi connectivity index (χ3v) is 3.82. The summed E-state index contributed by atoms with van der Waals surface area (Å²) >= 11 is 0. The van der Waals surface area contributed by atoms with Gasteiger partial charge in [-0.25, -0.2) is 0 Å². The molecule has 1 atom stereocenters. The molecule has 0 bridgehead atoms. The first-order valence-electron chi connectivity index (χ1n) is 6.72. The molecule has 0 amide bonds. The molecule has 0 aromatic heterocycles. The van der Waals surface area contributed by atoms with E-state index >= 15 is 0 Å². The summed E-state index contributed by atoms with van der Waals surface area (Å²) in [6.07, 6.45) is 2.47. The van der Waals surface area contributed by atoms with Crippen LogP contribution in [0.4, 0.5) is 5.69 Å². The lowest BCUT2D eigenvalue weighted by molar-refractivity contribution is 0.492. The van der Waals surface area contributed by atoms with Crippen LogP contribution < -0.4 is 10.6 Å². The molecular weight excluding hydrogens is 222 g/mol. The normalized spacial score (nSPS) is 19.6. The molecule has 0 radical (unpaired) electrons. The van der Waals surface area contributed by atoms with E-state index in [0.29, 0.717) is 12.0 Å². The number of benzene rings is 1. The third-order valence-electron chi connectivity index (χ3n) is 3.82. The fourth-order valence-electron chi connectivity index (χ4n) is 2.89. The fraction of sp³-hybridized carbons (Fsp3) is 0.533. The number of nitrogens with zero attached hydrogens (tertiary/aromatic N) is 1. The maximum absolute atomic E-state index is 7.73. The molecule has 1 fully saturated rings. The van der Waals surface area contributed by atoms with Gasteiger partial charge in [0.15, 0.2) is 0 Å². The number of nitrogen functional groups attached to an aromatic ring is 1. The maximum Gasteiger partial charge on any atom is 0.124 e. The van der Waals surface area contributed by atoms with E-state index in [9.17, 15) is 0 Å². The van der Waals surface area contributed by atoms with Crippen molar-refractivity contribution in [2.45, 2.75) is 39.7 Å². The Morgan fingerprint density at radius 3 is 2.78 bits per heavy atom. The van der Waals surface area contributed by atoms with Crippen LogP contribution in [0.15, 0.2) is 18.2 Å². The zero-order valence-electron chi connectivity index (χ0n) is 11.5. The van der Waals surface area contributed by atoms with Gasteiger partial charge in [-0.2, -0.15) is 0 Å². The second-order valence-electron chi connectivity index (χ2n) is 5.58. The second kappa shape index (κ2) is 5.01. The number of nitrogens with two attached hydrogens (primary N) is 1. The largest absolute Gasteiger partial charge is 0.384 e. The standard InChI is InChI=1S/C15H23N3/c1-10(2)13-5-4-8-18(13)14-9-11(3)6-7-12(14)15(16)17/h6-7,9-10,13H,4-5,8H2,1-3H3,(H3,16,17). The second-order valence-corrected chi connectivity index (χ2v) is 5.58. The number of amidine groups is 1. The molecule has 98 valence electrons. The Hall–Kier alpha value is -1.51. The molecule has 0 saturated carbocycles. The third kappa shape index (κ3) is 2.35. The number of nitrogens with one attached hydrogen (secondary N) is 1. The van der Waals surface area contributed by atoms with Crippen molar-refractivity contribution in [3.63, 3.8) is 0 Å². The van der Waals surface area contributed by atoms with Gasteiger partial charge < -0.3 is 10.6 Å². The first-order chi connectivity index (χ1) is 8.50. The fourth-order valence-corrected chi connectivity index (χ4v) is 2.89. The van der Waals surface area contributed by atoms with Gasteiger partial charge in [-0.15, -0.1) is 0 Å².